The molecule has 0 radical (unpaired) electrons. The van der Waals surface area contributed by atoms with E-state index in [1.807, 2.05) is 0 Å². The number of rotatable bonds is 1. The summed E-state index contributed by atoms with van der Waals surface area (Å²) in [4.78, 5) is 24.5. The summed E-state index contributed by atoms with van der Waals surface area (Å²) in [5.74, 6) is -1.42. The normalized spacial score (nSPS) is 27.3. The van der Waals surface area contributed by atoms with Crippen LogP contribution in [0.15, 0.2) is 0 Å². The van der Waals surface area contributed by atoms with Crippen molar-refractivity contribution in [3.8, 4) is 0 Å². The molecule has 1 amide bonds. The molecule has 0 aliphatic carbocycles. The molecule has 1 saturated heterocycles. The van der Waals surface area contributed by atoms with E-state index in [-0.39, 0.29) is 6.04 Å². The maximum absolute atomic E-state index is 11.9. The largest absolute Gasteiger partial charge is 0.481 e. The van der Waals surface area contributed by atoms with Crippen LogP contribution in [0.5, 0.6) is 0 Å². The Kier molecular flexibility index (Phi) is 3.16. The monoisotopic (exact) mass is 243 g/mol. The molecule has 0 spiro atoms. The number of carboxylic acids is 1. The molecule has 1 rings (SSSR count). The van der Waals surface area contributed by atoms with Gasteiger partial charge in [-0.2, -0.15) is 0 Å². The van der Waals surface area contributed by atoms with Gasteiger partial charge in [-0.3, -0.25) is 9.69 Å². The predicted molar refractivity (Wildman–Crippen MR) is 62.7 cm³/mol. The predicted octanol–water partition coefficient (Wildman–Crippen LogP) is 2.10. The molecule has 1 aliphatic rings. The number of ether oxygens (including phenoxy) is 1. The third kappa shape index (κ3) is 2.37. The number of carboxylic acid groups (broad SMARTS) is 1. The average Bonchev–Trinajstić information content (AvgIpc) is 1.95. The summed E-state index contributed by atoms with van der Waals surface area (Å²) < 4.78 is 5.27. The summed E-state index contributed by atoms with van der Waals surface area (Å²) in [6.07, 6.45) is -0.451. The average molecular weight is 243 g/mol. The van der Waals surface area contributed by atoms with Gasteiger partial charge in [0.1, 0.15) is 5.60 Å². The Morgan fingerprint density at radius 1 is 1.29 bits per heavy atom. The highest BCUT2D eigenvalue weighted by atomic mass is 16.6. The van der Waals surface area contributed by atoms with Crippen LogP contribution in [0, 0.1) is 5.92 Å². The lowest BCUT2D eigenvalue weighted by Gasteiger charge is -2.57. The van der Waals surface area contributed by atoms with E-state index in [1.54, 1.807) is 41.5 Å². The smallest absolute Gasteiger partial charge is 0.411 e. The van der Waals surface area contributed by atoms with Crippen LogP contribution in [-0.4, -0.2) is 39.3 Å². The summed E-state index contributed by atoms with van der Waals surface area (Å²) in [6, 6.07) is -0.336. The van der Waals surface area contributed by atoms with Gasteiger partial charge in [-0.1, -0.05) is 0 Å². The molecule has 1 fully saturated rings. The minimum absolute atomic E-state index is 0.336. The summed E-state index contributed by atoms with van der Waals surface area (Å²) in [5.41, 5.74) is -1.27. The Balaban J connectivity index is 2.82. The van der Waals surface area contributed by atoms with E-state index < -0.39 is 29.1 Å². The minimum Gasteiger partial charge on any atom is -0.481 e. The van der Waals surface area contributed by atoms with Gasteiger partial charge >= 0.3 is 12.1 Å². The van der Waals surface area contributed by atoms with Crippen LogP contribution in [0.3, 0.4) is 0 Å². The molecule has 2 unspecified atom stereocenters. The third-order valence-electron chi connectivity index (χ3n) is 3.13. The lowest BCUT2D eigenvalue weighted by Crippen LogP contribution is -2.73. The summed E-state index contributed by atoms with van der Waals surface area (Å²) in [5, 5.41) is 9.09. The fraction of sp³-hybridized carbons (Fsp3) is 0.833. The van der Waals surface area contributed by atoms with E-state index in [0.29, 0.717) is 0 Å². The molecule has 0 saturated carbocycles. The highest BCUT2D eigenvalue weighted by molar-refractivity contribution is 5.80. The van der Waals surface area contributed by atoms with Gasteiger partial charge in [0.15, 0.2) is 0 Å². The van der Waals surface area contributed by atoms with Crippen molar-refractivity contribution in [2.45, 2.75) is 58.7 Å². The topological polar surface area (TPSA) is 66.8 Å². The van der Waals surface area contributed by atoms with Crippen molar-refractivity contribution in [3.63, 3.8) is 0 Å². The second kappa shape index (κ2) is 3.89. The van der Waals surface area contributed by atoms with Gasteiger partial charge in [-0.05, 0) is 41.5 Å². The number of carbonyl (C=O) groups is 2. The fourth-order valence-corrected chi connectivity index (χ4v) is 2.55. The number of amides is 1. The molecular weight excluding hydrogens is 222 g/mol. The van der Waals surface area contributed by atoms with E-state index in [9.17, 15) is 9.59 Å². The number of nitrogens with zero attached hydrogens (tertiary/aromatic N) is 1. The van der Waals surface area contributed by atoms with Gasteiger partial charge in [0.05, 0.1) is 11.5 Å². The molecule has 1 N–H and O–H groups in total. The van der Waals surface area contributed by atoms with Gasteiger partial charge in [-0.25, -0.2) is 4.79 Å². The molecule has 98 valence electrons. The molecule has 0 bridgehead atoms. The molecule has 1 aliphatic heterocycles. The highest BCUT2D eigenvalue weighted by Gasteiger charge is 2.59. The zero-order valence-corrected chi connectivity index (χ0v) is 11.3. The number of carbonyl (C=O) groups excluding carboxylic acids is 1. The van der Waals surface area contributed by atoms with E-state index in [0.717, 1.165) is 0 Å². The Bertz CT molecular complexity index is 343. The second-order valence-electron chi connectivity index (χ2n) is 6.06. The molecule has 2 atom stereocenters. The van der Waals surface area contributed by atoms with Crippen LogP contribution in [0.1, 0.15) is 41.5 Å². The quantitative estimate of drug-likeness (QED) is 0.766. The highest BCUT2D eigenvalue weighted by Crippen LogP contribution is 2.42. The van der Waals surface area contributed by atoms with Crippen LogP contribution in [0.25, 0.3) is 0 Å². The van der Waals surface area contributed by atoms with Gasteiger partial charge in [-0.15, -0.1) is 0 Å². The Hall–Kier alpha value is -1.26. The maximum atomic E-state index is 11.9. The lowest BCUT2D eigenvalue weighted by atomic mass is 9.71. The number of likely N-dealkylation sites (tertiary alicyclic amines) is 1. The van der Waals surface area contributed by atoms with Crippen molar-refractivity contribution in [3.05, 3.63) is 0 Å². The first-order chi connectivity index (χ1) is 7.48. The van der Waals surface area contributed by atoms with Crippen LogP contribution < -0.4 is 0 Å². The molecule has 17 heavy (non-hydrogen) atoms. The molecule has 0 aromatic carbocycles. The van der Waals surface area contributed by atoms with E-state index in [2.05, 4.69) is 0 Å². The third-order valence-corrected chi connectivity index (χ3v) is 3.13. The molecule has 1 heterocycles. The van der Waals surface area contributed by atoms with E-state index >= 15 is 0 Å². The van der Waals surface area contributed by atoms with Crippen molar-refractivity contribution in [1.82, 2.24) is 4.90 Å². The zero-order chi connectivity index (χ0) is 13.6. The molecule has 0 aromatic heterocycles. The van der Waals surface area contributed by atoms with Gasteiger partial charge in [0.2, 0.25) is 0 Å². The van der Waals surface area contributed by atoms with Crippen molar-refractivity contribution in [2.24, 2.45) is 5.92 Å². The van der Waals surface area contributed by atoms with Crippen molar-refractivity contribution >= 4 is 12.1 Å². The van der Waals surface area contributed by atoms with Crippen molar-refractivity contribution < 1.29 is 19.4 Å². The summed E-state index contributed by atoms with van der Waals surface area (Å²) >= 11 is 0. The standard InChI is InChI=1S/C12H21NO4/c1-7-8(9(14)15)12(5,6)13(7)10(16)17-11(2,3)4/h7-8H,1-6H3,(H,14,15). The van der Waals surface area contributed by atoms with Crippen molar-refractivity contribution in [2.75, 3.05) is 0 Å². The first-order valence-corrected chi connectivity index (χ1v) is 5.73. The van der Waals surface area contributed by atoms with Crippen LogP contribution in [-0.2, 0) is 9.53 Å². The Morgan fingerprint density at radius 2 is 1.76 bits per heavy atom. The molecule has 0 aromatic rings. The van der Waals surface area contributed by atoms with Crippen LogP contribution >= 0.6 is 0 Å². The zero-order valence-electron chi connectivity index (χ0n) is 11.3. The Labute approximate surface area is 102 Å². The van der Waals surface area contributed by atoms with Crippen LogP contribution in [0.4, 0.5) is 4.79 Å². The fourth-order valence-electron chi connectivity index (χ4n) is 2.55. The van der Waals surface area contributed by atoms with Gasteiger partial charge in [0.25, 0.3) is 0 Å². The molecule has 5 heteroatoms. The lowest BCUT2D eigenvalue weighted by molar-refractivity contribution is -0.168. The minimum atomic E-state index is -0.873. The van der Waals surface area contributed by atoms with Gasteiger partial charge < -0.3 is 9.84 Å². The first kappa shape index (κ1) is 13.8. The summed E-state index contributed by atoms with van der Waals surface area (Å²) in [6.45, 7) is 10.6. The Morgan fingerprint density at radius 3 is 2.06 bits per heavy atom. The maximum Gasteiger partial charge on any atom is 0.411 e. The summed E-state index contributed by atoms with van der Waals surface area (Å²) in [7, 11) is 0. The first-order valence-electron chi connectivity index (χ1n) is 5.73. The van der Waals surface area contributed by atoms with Crippen LogP contribution in [0.2, 0.25) is 0 Å². The molecule has 5 nitrogen and oxygen atoms in total. The molecular formula is C12H21NO4. The van der Waals surface area contributed by atoms with E-state index in [4.69, 9.17) is 9.84 Å². The SMILES string of the molecule is CC1C(C(=O)O)C(C)(C)N1C(=O)OC(C)(C)C. The van der Waals surface area contributed by atoms with E-state index in [1.165, 1.54) is 4.90 Å². The number of hydrogen-bond acceptors (Lipinski definition) is 3. The van der Waals surface area contributed by atoms with Gasteiger partial charge in [0, 0.05) is 6.04 Å². The van der Waals surface area contributed by atoms with Crippen molar-refractivity contribution in [1.29, 1.82) is 0 Å². The second-order valence-corrected chi connectivity index (χ2v) is 6.06. The number of hydrogen-bond donors (Lipinski definition) is 1. The number of aliphatic carboxylic acids is 1.